The van der Waals surface area contributed by atoms with Crippen LogP contribution in [0.4, 0.5) is 0 Å². The lowest BCUT2D eigenvalue weighted by atomic mass is 10.00. The van der Waals surface area contributed by atoms with E-state index in [0.717, 1.165) is 19.3 Å². The highest BCUT2D eigenvalue weighted by Gasteiger charge is 2.42. The fourth-order valence-corrected chi connectivity index (χ4v) is 5.01. The summed E-state index contributed by atoms with van der Waals surface area (Å²) < 4.78 is 22.1. The van der Waals surface area contributed by atoms with Crippen LogP contribution in [-0.2, 0) is 9.84 Å². The molecule has 2 fully saturated rings. The van der Waals surface area contributed by atoms with E-state index in [2.05, 4.69) is 11.4 Å². The summed E-state index contributed by atoms with van der Waals surface area (Å²) in [5.41, 5.74) is -0.343. The van der Waals surface area contributed by atoms with Crippen molar-refractivity contribution in [2.45, 2.75) is 48.9 Å². The molecule has 0 amide bonds. The van der Waals surface area contributed by atoms with E-state index >= 15 is 0 Å². The zero-order valence-electron chi connectivity index (χ0n) is 10.7. The summed E-state index contributed by atoms with van der Waals surface area (Å²) in [5, 5.41) is 13.2. The minimum atomic E-state index is -2.86. The Hall–Kier alpha value is -0.250. The zero-order valence-corrected chi connectivity index (χ0v) is 12.3. The molecule has 102 valence electrons. The fraction of sp³-hybridized carbons (Fsp3) is 0.917. The van der Waals surface area contributed by atoms with E-state index < -0.39 is 9.84 Å². The third-order valence-electron chi connectivity index (χ3n) is 3.55. The van der Waals surface area contributed by atoms with E-state index in [1.165, 1.54) is 19.1 Å². The van der Waals surface area contributed by atoms with Gasteiger partial charge in [-0.05, 0) is 32.1 Å². The lowest BCUT2D eigenvalue weighted by Crippen LogP contribution is -2.43. The maximum atomic E-state index is 11.1. The van der Waals surface area contributed by atoms with Crippen molar-refractivity contribution in [1.82, 2.24) is 5.32 Å². The monoisotopic (exact) mass is 288 g/mol. The minimum Gasteiger partial charge on any atom is -0.297 e. The van der Waals surface area contributed by atoms with Crippen molar-refractivity contribution in [1.29, 1.82) is 5.26 Å². The third-order valence-corrected chi connectivity index (χ3v) is 6.07. The molecule has 0 bridgehead atoms. The minimum absolute atomic E-state index is 0.240. The number of thioether (sulfide) groups is 1. The average Bonchev–Trinajstić information content (AvgIpc) is 2.98. The summed E-state index contributed by atoms with van der Waals surface area (Å²) in [5.74, 6) is 0.887. The Labute approximate surface area is 113 Å². The first kappa shape index (κ1) is 14.2. The Morgan fingerprint density at radius 1 is 1.44 bits per heavy atom. The summed E-state index contributed by atoms with van der Waals surface area (Å²) >= 11 is 1.71. The predicted molar refractivity (Wildman–Crippen MR) is 74.3 cm³/mol. The van der Waals surface area contributed by atoms with Crippen molar-refractivity contribution in [3.8, 4) is 6.07 Å². The Kier molecular flexibility index (Phi) is 4.25. The molecule has 2 aliphatic carbocycles. The molecule has 0 aromatic heterocycles. The Morgan fingerprint density at radius 2 is 2.17 bits per heavy atom. The SMILES string of the molecule is CS(=O)(=O)CCSC1CCC(C#N)(NC2CC2)C1. The molecule has 2 unspecified atom stereocenters. The quantitative estimate of drug-likeness (QED) is 0.798. The van der Waals surface area contributed by atoms with Crippen LogP contribution in [0.1, 0.15) is 32.1 Å². The number of nitrogens with zero attached hydrogens (tertiary/aromatic N) is 1. The van der Waals surface area contributed by atoms with Gasteiger partial charge >= 0.3 is 0 Å². The molecule has 2 rings (SSSR count). The van der Waals surface area contributed by atoms with Crippen molar-refractivity contribution in [2.75, 3.05) is 17.8 Å². The zero-order chi connectivity index (χ0) is 13.2. The molecule has 2 atom stereocenters. The van der Waals surface area contributed by atoms with E-state index in [0.29, 0.717) is 17.0 Å². The van der Waals surface area contributed by atoms with Crippen LogP contribution in [0.5, 0.6) is 0 Å². The molecule has 0 aliphatic heterocycles. The maximum Gasteiger partial charge on any atom is 0.148 e. The van der Waals surface area contributed by atoms with E-state index in [9.17, 15) is 13.7 Å². The molecule has 0 spiro atoms. The average molecular weight is 288 g/mol. The fourth-order valence-electron chi connectivity index (χ4n) is 2.39. The van der Waals surface area contributed by atoms with Crippen molar-refractivity contribution >= 4 is 21.6 Å². The smallest absolute Gasteiger partial charge is 0.148 e. The Balaban J connectivity index is 1.78. The molecule has 0 aromatic rings. The first-order chi connectivity index (χ1) is 8.42. The van der Waals surface area contributed by atoms with Gasteiger partial charge in [-0.2, -0.15) is 17.0 Å². The molecule has 1 N–H and O–H groups in total. The second-order valence-electron chi connectivity index (χ2n) is 5.48. The number of nitriles is 1. The summed E-state index contributed by atoms with van der Waals surface area (Å²) in [6.07, 6.45) is 6.42. The number of nitrogens with one attached hydrogen (secondary N) is 1. The van der Waals surface area contributed by atoms with Crippen LogP contribution in [-0.4, -0.2) is 43.0 Å². The highest BCUT2D eigenvalue weighted by molar-refractivity contribution is 8.01. The van der Waals surface area contributed by atoms with Gasteiger partial charge in [-0.3, -0.25) is 5.32 Å². The predicted octanol–water partition coefficient (Wildman–Crippen LogP) is 1.33. The van der Waals surface area contributed by atoms with Gasteiger partial charge in [-0.1, -0.05) is 0 Å². The van der Waals surface area contributed by atoms with E-state index in [1.54, 1.807) is 11.8 Å². The second-order valence-corrected chi connectivity index (χ2v) is 9.15. The highest BCUT2D eigenvalue weighted by Crippen LogP contribution is 2.38. The standard InChI is InChI=1S/C12H20N2O2S2/c1-18(15,16)7-6-17-11-4-5-12(8-11,9-13)14-10-2-3-10/h10-11,14H,2-8H2,1H3. The highest BCUT2D eigenvalue weighted by atomic mass is 32.2. The Bertz CT molecular complexity index is 439. The molecule has 0 heterocycles. The van der Waals surface area contributed by atoms with Gasteiger partial charge in [0.25, 0.3) is 0 Å². The van der Waals surface area contributed by atoms with Gasteiger partial charge in [0.2, 0.25) is 0 Å². The lowest BCUT2D eigenvalue weighted by Gasteiger charge is -2.22. The van der Waals surface area contributed by atoms with Gasteiger partial charge in [0.1, 0.15) is 15.4 Å². The van der Waals surface area contributed by atoms with Crippen LogP contribution in [0, 0.1) is 11.3 Å². The number of sulfone groups is 1. The van der Waals surface area contributed by atoms with Gasteiger partial charge in [-0.25, -0.2) is 8.42 Å². The summed E-state index contributed by atoms with van der Waals surface area (Å²) in [6.45, 7) is 0. The molecule has 0 saturated heterocycles. The van der Waals surface area contributed by atoms with Crippen molar-refractivity contribution < 1.29 is 8.42 Å². The van der Waals surface area contributed by atoms with Gasteiger partial charge in [0, 0.05) is 23.3 Å². The molecule has 18 heavy (non-hydrogen) atoms. The van der Waals surface area contributed by atoms with E-state index in [1.807, 2.05) is 0 Å². The summed E-state index contributed by atoms with van der Waals surface area (Å²) in [7, 11) is -2.86. The van der Waals surface area contributed by atoms with Gasteiger partial charge in [-0.15, -0.1) is 0 Å². The van der Waals surface area contributed by atoms with Crippen LogP contribution in [0.2, 0.25) is 0 Å². The van der Waals surface area contributed by atoms with Gasteiger partial charge in [0.15, 0.2) is 0 Å². The molecule has 6 heteroatoms. The summed E-state index contributed by atoms with van der Waals surface area (Å²) in [4.78, 5) is 0. The maximum absolute atomic E-state index is 11.1. The summed E-state index contributed by atoms with van der Waals surface area (Å²) in [6, 6.07) is 2.99. The van der Waals surface area contributed by atoms with Gasteiger partial charge < -0.3 is 0 Å². The number of hydrogen-bond acceptors (Lipinski definition) is 5. The molecule has 2 aliphatic rings. The molecule has 0 aromatic carbocycles. The van der Waals surface area contributed by atoms with Crippen LogP contribution < -0.4 is 5.32 Å². The van der Waals surface area contributed by atoms with Crippen molar-refractivity contribution in [3.63, 3.8) is 0 Å². The topological polar surface area (TPSA) is 70.0 Å². The first-order valence-electron chi connectivity index (χ1n) is 6.41. The molecule has 0 radical (unpaired) electrons. The largest absolute Gasteiger partial charge is 0.297 e. The lowest BCUT2D eigenvalue weighted by molar-refractivity contribution is 0.420. The van der Waals surface area contributed by atoms with Gasteiger partial charge in [0.05, 0.1) is 11.8 Å². The van der Waals surface area contributed by atoms with Crippen molar-refractivity contribution in [3.05, 3.63) is 0 Å². The van der Waals surface area contributed by atoms with Crippen LogP contribution in [0.25, 0.3) is 0 Å². The van der Waals surface area contributed by atoms with Crippen molar-refractivity contribution in [2.24, 2.45) is 0 Å². The third kappa shape index (κ3) is 4.15. The van der Waals surface area contributed by atoms with E-state index in [-0.39, 0.29) is 11.3 Å². The van der Waals surface area contributed by atoms with Crippen LogP contribution >= 0.6 is 11.8 Å². The van der Waals surface area contributed by atoms with E-state index in [4.69, 9.17) is 0 Å². The molecule has 4 nitrogen and oxygen atoms in total. The molecule has 2 saturated carbocycles. The van der Waals surface area contributed by atoms with Crippen LogP contribution in [0.3, 0.4) is 0 Å². The normalized spacial score (nSPS) is 32.3. The molecular weight excluding hydrogens is 268 g/mol. The van der Waals surface area contributed by atoms with Crippen LogP contribution in [0.15, 0.2) is 0 Å². The second kappa shape index (κ2) is 5.40. The number of hydrogen-bond donors (Lipinski definition) is 1. The molecular formula is C12H20N2O2S2. The Morgan fingerprint density at radius 3 is 2.72 bits per heavy atom. The number of rotatable bonds is 6. The first-order valence-corrected chi connectivity index (χ1v) is 9.52.